The van der Waals surface area contributed by atoms with Crippen LogP contribution < -0.4 is 4.90 Å². The Hall–Kier alpha value is -1.86. The van der Waals surface area contributed by atoms with Gasteiger partial charge < -0.3 is 9.80 Å². The quantitative estimate of drug-likeness (QED) is 0.498. The average molecular weight is 482 g/mol. The van der Waals surface area contributed by atoms with E-state index in [0.717, 1.165) is 34.5 Å². The zero-order valence-electron chi connectivity index (χ0n) is 16.0. The first-order chi connectivity index (χ1) is 14.5. The highest BCUT2D eigenvalue weighted by Gasteiger charge is 2.22. The van der Waals surface area contributed by atoms with Crippen molar-refractivity contribution in [3.63, 3.8) is 0 Å². The monoisotopic (exact) mass is 480 g/mol. The van der Waals surface area contributed by atoms with Gasteiger partial charge in [-0.1, -0.05) is 46.9 Å². The molecule has 2 heterocycles. The zero-order chi connectivity index (χ0) is 21.1. The Labute approximate surface area is 194 Å². The fourth-order valence-electron chi connectivity index (χ4n) is 3.35. The lowest BCUT2D eigenvalue weighted by molar-refractivity contribution is 0.0767. The van der Waals surface area contributed by atoms with E-state index in [4.69, 9.17) is 39.8 Å². The third-order valence-corrected chi connectivity index (χ3v) is 6.76. The first-order valence-corrected chi connectivity index (χ1v) is 11.5. The number of rotatable bonds is 4. The van der Waals surface area contributed by atoms with Crippen molar-refractivity contribution in [2.45, 2.75) is 12.8 Å². The molecule has 0 N–H and O–H groups in total. The van der Waals surface area contributed by atoms with Crippen LogP contribution in [0.4, 0.5) is 5.13 Å². The van der Waals surface area contributed by atoms with E-state index >= 15 is 0 Å². The fourth-order valence-corrected chi connectivity index (χ4v) is 4.51. The molecule has 156 valence electrons. The molecule has 0 spiro atoms. The summed E-state index contributed by atoms with van der Waals surface area (Å²) < 4.78 is 4.51. The molecule has 0 saturated carbocycles. The molecule has 0 radical (unpaired) electrons. The Morgan fingerprint density at radius 1 is 0.967 bits per heavy atom. The van der Waals surface area contributed by atoms with Crippen molar-refractivity contribution in [1.82, 2.24) is 14.3 Å². The molecular weight excluding hydrogens is 463 g/mol. The first kappa shape index (κ1) is 21.4. The molecule has 1 aliphatic rings. The molecule has 0 unspecified atom stereocenters. The molecule has 30 heavy (non-hydrogen) atoms. The van der Waals surface area contributed by atoms with Crippen molar-refractivity contribution in [2.24, 2.45) is 0 Å². The van der Waals surface area contributed by atoms with Gasteiger partial charge in [-0.15, -0.1) is 0 Å². The van der Waals surface area contributed by atoms with E-state index in [-0.39, 0.29) is 5.91 Å². The van der Waals surface area contributed by atoms with Gasteiger partial charge in [0.25, 0.3) is 5.91 Å². The van der Waals surface area contributed by atoms with Gasteiger partial charge in [0.15, 0.2) is 0 Å². The van der Waals surface area contributed by atoms with Crippen LogP contribution in [0.25, 0.3) is 0 Å². The van der Waals surface area contributed by atoms with E-state index in [0.29, 0.717) is 41.7 Å². The summed E-state index contributed by atoms with van der Waals surface area (Å²) in [7, 11) is 0. The van der Waals surface area contributed by atoms with Gasteiger partial charge in [-0.3, -0.25) is 4.79 Å². The van der Waals surface area contributed by atoms with E-state index in [1.54, 1.807) is 18.2 Å². The largest absolute Gasteiger partial charge is 0.345 e. The topological polar surface area (TPSA) is 49.3 Å². The summed E-state index contributed by atoms with van der Waals surface area (Å²) in [5, 5.41) is 2.44. The number of benzene rings is 2. The van der Waals surface area contributed by atoms with Gasteiger partial charge in [0.05, 0.1) is 10.0 Å². The SMILES string of the molecule is O=C(c1ccc(Cl)c(Cl)c1)N1CCCN(c2nc(Cc3ccc(Cl)cc3)ns2)CC1. The standard InChI is InChI=1S/C21H19Cl3N4OS/c22-16-5-2-14(3-6-16)12-19-25-21(30-26-19)28-9-1-8-27(10-11-28)20(29)15-4-7-17(23)18(24)13-15/h2-7,13H,1,8-12H2. The normalized spacial score (nSPS) is 14.6. The summed E-state index contributed by atoms with van der Waals surface area (Å²) in [4.78, 5) is 21.6. The second-order valence-electron chi connectivity index (χ2n) is 7.06. The zero-order valence-corrected chi connectivity index (χ0v) is 19.1. The molecule has 5 nitrogen and oxygen atoms in total. The van der Waals surface area contributed by atoms with E-state index < -0.39 is 0 Å². The molecule has 2 aromatic carbocycles. The number of carbonyl (C=O) groups excluding carboxylic acids is 1. The minimum Gasteiger partial charge on any atom is -0.345 e. The molecule has 1 aromatic heterocycles. The van der Waals surface area contributed by atoms with Crippen LogP contribution in [0.15, 0.2) is 42.5 Å². The summed E-state index contributed by atoms with van der Waals surface area (Å²) in [6.07, 6.45) is 1.53. The first-order valence-electron chi connectivity index (χ1n) is 9.56. The maximum absolute atomic E-state index is 12.9. The molecule has 9 heteroatoms. The molecule has 0 atom stereocenters. The van der Waals surface area contributed by atoms with Gasteiger partial charge in [-0.05, 0) is 42.3 Å². The molecule has 3 aromatic rings. The predicted octanol–water partition coefficient (Wildman–Crippen LogP) is 5.44. The number of anilines is 1. The molecule has 0 aliphatic carbocycles. The Kier molecular flexibility index (Phi) is 6.78. The third kappa shape index (κ3) is 5.06. The number of hydrogen-bond acceptors (Lipinski definition) is 5. The smallest absolute Gasteiger partial charge is 0.253 e. The Morgan fingerprint density at radius 3 is 2.53 bits per heavy atom. The molecule has 4 rings (SSSR count). The lowest BCUT2D eigenvalue weighted by Crippen LogP contribution is -2.35. The molecular formula is C21H19Cl3N4OS. The van der Waals surface area contributed by atoms with Gasteiger partial charge in [-0.25, -0.2) is 4.98 Å². The highest BCUT2D eigenvalue weighted by atomic mass is 35.5. The summed E-state index contributed by atoms with van der Waals surface area (Å²) >= 11 is 19.4. The fraction of sp³-hybridized carbons (Fsp3) is 0.286. The second kappa shape index (κ2) is 9.52. The van der Waals surface area contributed by atoms with Crippen molar-refractivity contribution >= 4 is 57.4 Å². The number of carbonyl (C=O) groups is 1. The second-order valence-corrected chi connectivity index (χ2v) is 9.04. The van der Waals surface area contributed by atoms with Crippen molar-refractivity contribution in [3.8, 4) is 0 Å². The number of nitrogens with zero attached hydrogens (tertiary/aromatic N) is 4. The molecule has 1 aliphatic heterocycles. The van der Waals surface area contributed by atoms with Crippen LogP contribution in [0.1, 0.15) is 28.2 Å². The number of hydrogen-bond donors (Lipinski definition) is 0. The van der Waals surface area contributed by atoms with Crippen molar-refractivity contribution < 1.29 is 4.79 Å². The van der Waals surface area contributed by atoms with E-state index in [1.807, 2.05) is 29.2 Å². The van der Waals surface area contributed by atoms with E-state index in [1.165, 1.54) is 11.5 Å². The van der Waals surface area contributed by atoms with Gasteiger partial charge in [0, 0.05) is 54.7 Å². The maximum Gasteiger partial charge on any atom is 0.253 e. The molecule has 1 saturated heterocycles. The van der Waals surface area contributed by atoms with Crippen LogP contribution in [0.3, 0.4) is 0 Å². The number of aromatic nitrogens is 2. The maximum atomic E-state index is 12.9. The molecule has 0 bridgehead atoms. The van der Waals surface area contributed by atoms with Crippen molar-refractivity contribution in [3.05, 3.63) is 74.5 Å². The van der Waals surface area contributed by atoms with Gasteiger partial charge in [0.1, 0.15) is 5.82 Å². The van der Waals surface area contributed by atoms with Crippen LogP contribution in [-0.2, 0) is 6.42 Å². The summed E-state index contributed by atoms with van der Waals surface area (Å²) in [6.45, 7) is 2.85. The van der Waals surface area contributed by atoms with Crippen LogP contribution in [0.5, 0.6) is 0 Å². The Morgan fingerprint density at radius 2 is 1.77 bits per heavy atom. The van der Waals surface area contributed by atoms with Gasteiger partial charge >= 0.3 is 0 Å². The Balaban J connectivity index is 1.39. The molecule has 1 amide bonds. The van der Waals surface area contributed by atoms with Gasteiger partial charge in [-0.2, -0.15) is 4.37 Å². The average Bonchev–Trinajstić information content (AvgIpc) is 3.06. The minimum absolute atomic E-state index is 0.0314. The highest BCUT2D eigenvalue weighted by Crippen LogP contribution is 2.25. The van der Waals surface area contributed by atoms with Crippen molar-refractivity contribution in [2.75, 3.05) is 31.1 Å². The number of halogens is 3. The Bertz CT molecular complexity index is 1040. The van der Waals surface area contributed by atoms with E-state index in [2.05, 4.69) is 9.27 Å². The summed E-state index contributed by atoms with van der Waals surface area (Å²) in [6, 6.07) is 12.7. The van der Waals surface area contributed by atoms with E-state index in [9.17, 15) is 4.79 Å². The lowest BCUT2D eigenvalue weighted by atomic mass is 10.1. The van der Waals surface area contributed by atoms with Crippen LogP contribution in [0, 0.1) is 0 Å². The minimum atomic E-state index is -0.0314. The highest BCUT2D eigenvalue weighted by molar-refractivity contribution is 7.09. The predicted molar refractivity (Wildman–Crippen MR) is 123 cm³/mol. The number of amides is 1. The summed E-state index contributed by atoms with van der Waals surface area (Å²) in [5.41, 5.74) is 1.68. The van der Waals surface area contributed by atoms with Crippen LogP contribution in [0.2, 0.25) is 15.1 Å². The third-order valence-electron chi connectivity index (χ3n) is 4.95. The van der Waals surface area contributed by atoms with Crippen LogP contribution >= 0.6 is 46.3 Å². The lowest BCUT2D eigenvalue weighted by Gasteiger charge is -2.21. The van der Waals surface area contributed by atoms with Crippen LogP contribution in [-0.4, -0.2) is 46.3 Å². The molecule has 1 fully saturated rings. The summed E-state index contributed by atoms with van der Waals surface area (Å²) in [5.74, 6) is 0.765. The van der Waals surface area contributed by atoms with Crippen molar-refractivity contribution in [1.29, 1.82) is 0 Å². The van der Waals surface area contributed by atoms with Gasteiger partial charge in [0.2, 0.25) is 5.13 Å².